The summed E-state index contributed by atoms with van der Waals surface area (Å²) in [5, 5.41) is 22.2. The Kier molecular flexibility index (Phi) is 6.89. The number of ether oxygens (including phenoxy) is 1. The fourth-order valence-corrected chi connectivity index (χ4v) is 6.33. The molecule has 2 aliphatic rings. The van der Waals surface area contributed by atoms with E-state index in [1.54, 1.807) is 19.2 Å². The van der Waals surface area contributed by atoms with Crippen molar-refractivity contribution in [1.82, 2.24) is 15.2 Å². The average molecular weight is 515 g/mol. The second-order valence-electron chi connectivity index (χ2n) is 11.0. The summed E-state index contributed by atoms with van der Waals surface area (Å²) < 4.78 is 5.82. The highest BCUT2D eigenvalue weighted by atomic mass is 16.5. The molecule has 2 fully saturated rings. The van der Waals surface area contributed by atoms with Crippen molar-refractivity contribution in [2.75, 3.05) is 13.7 Å². The van der Waals surface area contributed by atoms with E-state index in [2.05, 4.69) is 40.3 Å². The summed E-state index contributed by atoms with van der Waals surface area (Å²) in [5.74, 6) is -0.460. The minimum Gasteiger partial charge on any atom is -0.496 e. The second kappa shape index (κ2) is 10.1. The van der Waals surface area contributed by atoms with Gasteiger partial charge in [-0.2, -0.15) is 5.26 Å². The first-order valence-electron chi connectivity index (χ1n) is 13.1. The first-order chi connectivity index (χ1) is 18.2. The fourth-order valence-electron chi connectivity index (χ4n) is 6.33. The van der Waals surface area contributed by atoms with E-state index >= 15 is 0 Å². The van der Waals surface area contributed by atoms with Crippen LogP contribution in [0.1, 0.15) is 65.7 Å². The normalized spacial score (nSPS) is 23.9. The number of nitrogens with zero attached hydrogens (tertiary/aromatic N) is 2. The van der Waals surface area contributed by atoms with Crippen LogP contribution in [-0.4, -0.2) is 46.6 Å². The number of H-pyrrole nitrogens is 1. The van der Waals surface area contributed by atoms with Crippen LogP contribution in [0.15, 0.2) is 42.6 Å². The van der Waals surface area contributed by atoms with E-state index in [-0.39, 0.29) is 17.4 Å². The molecule has 2 atom stereocenters. The number of hydrogen-bond acceptors (Lipinski definition) is 5. The third kappa shape index (κ3) is 4.74. The largest absolute Gasteiger partial charge is 0.496 e. The number of aromatic amines is 1. The van der Waals surface area contributed by atoms with Gasteiger partial charge in [-0.15, -0.1) is 0 Å². The monoisotopic (exact) mass is 514 g/mol. The smallest absolute Gasteiger partial charge is 0.325 e. The van der Waals surface area contributed by atoms with Crippen molar-refractivity contribution >= 4 is 22.8 Å². The SMILES string of the molecule is COc1cc(C)c2[nH]ccc2c1CN1CCC2(CC(C#N)C2)CC1c1ccc(C(=O)N[C@H](C)C(=O)O)cc1. The minimum atomic E-state index is -1.07. The number of carboxylic acids is 1. The lowest BCUT2D eigenvalue weighted by atomic mass is 9.56. The number of amides is 1. The topological polar surface area (TPSA) is 118 Å². The number of likely N-dealkylation sites (tertiary alicyclic amines) is 1. The zero-order valence-corrected chi connectivity index (χ0v) is 22.1. The minimum absolute atomic E-state index is 0.124. The van der Waals surface area contributed by atoms with Crippen LogP contribution < -0.4 is 10.1 Å². The predicted molar refractivity (Wildman–Crippen MR) is 144 cm³/mol. The van der Waals surface area contributed by atoms with E-state index in [9.17, 15) is 14.9 Å². The molecule has 8 nitrogen and oxygen atoms in total. The van der Waals surface area contributed by atoms with Crippen molar-refractivity contribution in [2.24, 2.45) is 11.3 Å². The van der Waals surface area contributed by atoms with Crippen LogP contribution in [0.3, 0.4) is 0 Å². The Balaban J connectivity index is 1.44. The molecule has 2 heterocycles. The maximum Gasteiger partial charge on any atom is 0.325 e. The van der Waals surface area contributed by atoms with Crippen LogP contribution in [0.25, 0.3) is 10.9 Å². The molecule has 1 saturated heterocycles. The number of piperidine rings is 1. The van der Waals surface area contributed by atoms with E-state index in [4.69, 9.17) is 9.84 Å². The third-order valence-corrected chi connectivity index (χ3v) is 8.51. The van der Waals surface area contributed by atoms with Crippen molar-refractivity contribution in [2.45, 2.75) is 58.2 Å². The van der Waals surface area contributed by atoms with Gasteiger partial charge in [0.25, 0.3) is 5.91 Å². The molecule has 0 radical (unpaired) electrons. The summed E-state index contributed by atoms with van der Waals surface area (Å²) in [6, 6.07) is 13.3. The van der Waals surface area contributed by atoms with Gasteiger partial charge >= 0.3 is 5.97 Å². The van der Waals surface area contributed by atoms with Crippen molar-refractivity contribution in [3.8, 4) is 11.8 Å². The van der Waals surface area contributed by atoms with E-state index in [1.165, 1.54) is 6.92 Å². The molecule has 198 valence electrons. The number of carbonyl (C=O) groups excluding carboxylic acids is 1. The van der Waals surface area contributed by atoms with E-state index < -0.39 is 17.9 Å². The van der Waals surface area contributed by atoms with Crippen molar-refractivity contribution < 1.29 is 19.4 Å². The lowest BCUT2D eigenvalue weighted by Gasteiger charge is -2.53. The Bertz CT molecular complexity index is 1400. The number of nitrogens with one attached hydrogen (secondary N) is 2. The van der Waals surface area contributed by atoms with Crippen LogP contribution in [0.4, 0.5) is 0 Å². The first-order valence-corrected chi connectivity index (χ1v) is 13.1. The molecular weight excluding hydrogens is 480 g/mol. The van der Waals surface area contributed by atoms with Crippen LogP contribution in [0.5, 0.6) is 5.75 Å². The highest BCUT2D eigenvalue weighted by molar-refractivity contribution is 5.96. The number of aryl methyl sites for hydroxylation is 1. The highest BCUT2D eigenvalue weighted by Gasteiger charge is 2.49. The van der Waals surface area contributed by atoms with Gasteiger partial charge in [0.1, 0.15) is 11.8 Å². The van der Waals surface area contributed by atoms with Gasteiger partial charge in [-0.1, -0.05) is 12.1 Å². The Labute approximate surface area is 222 Å². The molecule has 8 heteroatoms. The number of fused-ring (bicyclic) bond motifs is 1. The number of aliphatic carboxylic acids is 1. The van der Waals surface area contributed by atoms with Gasteiger partial charge < -0.3 is 20.1 Å². The first kappa shape index (κ1) is 25.8. The number of carboxylic acid groups (broad SMARTS) is 1. The average Bonchev–Trinajstić information content (AvgIpc) is 3.40. The van der Waals surface area contributed by atoms with E-state index in [0.717, 1.165) is 72.1 Å². The molecule has 3 N–H and O–H groups in total. The molecule has 1 spiro atoms. The van der Waals surface area contributed by atoms with Crippen LogP contribution in [0.2, 0.25) is 0 Å². The zero-order chi connectivity index (χ0) is 27.0. The highest BCUT2D eigenvalue weighted by Crippen LogP contribution is 2.56. The number of benzene rings is 2. The predicted octanol–water partition coefficient (Wildman–Crippen LogP) is 4.94. The molecule has 1 aliphatic carbocycles. The van der Waals surface area contributed by atoms with Gasteiger partial charge in [0, 0.05) is 46.7 Å². The summed E-state index contributed by atoms with van der Waals surface area (Å²) in [7, 11) is 1.71. The van der Waals surface area contributed by atoms with Crippen LogP contribution >= 0.6 is 0 Å². The summed E-state index contributed by atoms with van der Waals surface area (Å²) in [4.78, 5) is 29.5. The van der Waals surface area contributed by atoms with Crippen LogP contribution in [-0.2, 0) is 11.3 Å². The number of rotatable bonds is 7. The van der Waals surface area contributed by atoms with Gasteiger partial charge in [-0.3, -0.25) is 14.5 Å². The van der Waals surface area contributed by atoms with Crippen molar-refractivity contribution in [3.05, 3.63) is 64.8 Å². The maximum absolute atomic E-state index is 12.5. The molecule has 0 bridgehead atoms. The summed E-state index contributed by atoms with van der Waals surface area (Å²) in [6.45, 7) is 5.15. The van der Waals surface area contributed by atoms with Crippen molar-refractivity contribution in [3.63, 3.8) is 0 Å². The lowest BCUT2D eigenvalue weighted by Crippen LogP contribution is -2.48. The van der Waals surface area contributed by atoms with E-state index in [0.29, 0.717) is 5.56 Å². The van der Waals surface area contributed by atoms with Gasteiger partial charge in [-0.05, 0) is 86.9 Å². The maximum atomic E-state index is 12.5. The van der Waals surface area contributed by atoms with Gasteiger partial charge in [-0.25, -0.2) is 0 Å². The molecule has 1 aromatic heterocycles. The zero-order valence-electron chi connectivity index (χ0n) is 22.1. The number of carbonyl (C=O) groups is 2. The molecule has 38 heavy (non-hydrogen) atoms. The summed E-state index contributed by atoms with van der Waals surface area (Å²) >= 11 is 0. The third-order valence-electron chi connectivity index (χ3n) is 8.51. The van der Waals surface area contributed by atoms with Crippen LogP contribution in [0, 0.1) is 29.6 Å². The standard InChI is InChI=1S/C30H34N4O4/c1-18-12-26(38-3)24(23-8-10-32-27(18)23)17-34-11-9-30(13-20(14-30)16-31)15-25(34)21-4-6-22(7-5-21)28(35)33-19(2)29(36)37/h4-8,10,12,19-20,25,32H,9,11,13-15,17H2,1-3H3,(H,33,35)(H,36,37)/t19-,20?,25?,30?/m1/s1. The Morgan fingerprint density at radius 3 is 2.66 bits per heavy atom. The Morgan fingerprint density at radius 1 is 1.26 bits per heavy atom. The molecule has 1 saturated carbocycles. The van der Waals surface area contributed by atoms with Gasteiger partial charge in [0.2, 0.25) is 0 Å². The number of hydrogen-bond donors (Lipinski definition) is 3. The molecule has 2 aromatic carbocycles. The number of nitriles is 1. The Hall–Kier alpha value is -3.83. The molecule has 1 amide bonds. The fraction of sp³-hybridized carbons (Fsp3) is 0.433. The molecule has 1 unspecified atom stereocenters. The molecule has 1 aliphatic heterocycles. The summed E-state index contributed by atoms with van der Waals surface area (Å²) in [5.41, 5.74) is 5.13. The lowest BCUT2D eigenvalue weighted by molar-refractivity contribution is -0.138. The van der Waals surface area contributed by atoms with E-state index in [1.807, 2.05) is 18.3 Å². The van der Waals surface area contributed by atoms with Gasteiger partial charge in [0.05, 0.1) is 13.2 Å². The summed E-state index contributed by atoms with van der Waals surface area (Å²) in [6.07, 6.45) is 5.86. The quantitative estimate of drug-likeness (QED) is 0.411. The number of methoxy groups -OCH3 is 1. The second-order valence-corrected chi connectivity index (χ2v) is 11.0. The molecular formula is C30H34N4O4. The molecule has 5 rings (SSSR count). The molecule has 3 aromatic rings. The number of aromatic nitrogens is 1. The Morgan fingerprint density at radius 2 is 2.00 bits per heavy atom. The van der Waals surface area contributed by atoms with Gasteiger partial charge in [0.15, 0.2) is 0 Å². The van der Waals surface area contributed by atoms with Crippen molar-refractivity contribution in [1.29, 1.82) is 5.26 Å².